The summed E-state index contributed by atoms with van der Waals surface area (Å²) in [5.74, 6) is 0. The first-order valence-corrected chi connectivity index (χ1v) is 8.44. The highest BCUT2D eigenvalue weighted by atomic mass is 16.6. The largest absolute Gasteiger partial charge is 0.445 e. The molecule has 1 N–H and O–H groups in total. The van der Waals surface area contributed by atoms with E-state index in [1.165, 1.54) is 5.56 Å². The maximum Gasteiger partial charge on any atom is 0.407 e. The molecule has 4 nitrogen and oxygen atoms in total. The van der Waals surface area contributed by atoms with E-state index >= 15 is 0 Å². The van der Waals surface area contributed by atoms with Crippen LogP contribution in [0.3, 0.4) is 0 Å². The summed E-state index contributed by atoms with van der Waals surface area (Å²) in [5.41, 5.74) is 2.14. The molecule has 2 atom stereocenters. The highest BCUT2D eigenvalue weighted by Gasteiger charge is 2.34. The quantitative estimate of drug-likeness (QED) is 0.817. The average Bonchev–Trinajstić information content (AvgIpc) is 3.48. The zero-order valence-corrected chi connectivity index (χ0v) is 14.3. The molecular weight excluding hydrogens is 302 g/mol. The first-order chi connectivity index (χ1) is 11.8. The number of ether oxygens (including phenoxy) is 2. The number of benzene rings is 2. The summed E-state index contributed by atoms with van der Waals surface area (Å²) in [7, 11) is 0. The molecule has 1 fully saturated rings. The Hall–Kier alpha value is -2.33. The molecule has 0 saturated carbocycles. The number of hydrogen-bond donors (Lipinski definition) is 1. The molecule has 3 rings (SSSR count). The van der Waals surface area contributed by atoms with Crippen LogP contribution in [0.5, 0.6) is 0 Å². The van der Waals surface area contributed by atoms with Crippen molar-refractivity contribution in [1.29, 1.82) is 0 Å². The number of nitrogens with one attached hydrogen (secondary N) is 1. The van der Waals surface area contributed by atoms with Crippen molar-refractivity contribution in [3.63, 3.8) is 0 Å². The minimum atomic E-state index is -0.403. The van der Waals surface area contributed by atoms with E-state index in [-0.39, 0.29) is 18.8 Å². The molecule has 1 heterocycles. The summed E-state index contributed by atoms with van der Waals surface area (Å²) in [6, 6.07) is 19.7. The minimum absolute atomic E-state index is 0.0503. The highest BCUT2D eigenvalue weighted by Crippen LogP contribution is 2.18. The fraction of sp³-hybridized carbons (Fsp3) is 0.350. The van der Waals surface area contributed by atoms with E-state index in [0.717, 1.165) is 12.0 Å². The lowest BCUT2D eigenvalue weighted by Gasteiger charge is -2.16. The van der Waals surface area contributed by atoms with Crippen molar-refractivity contribution in [3.05, 3.63) is 71.8 Å². The normalized spacial score (nSPS) is 16.3. The second kappa shape index (κ2) is 9.73. The summed E-state index contributed by atoms with van der Waals surface area (Å²) in [6.45, 7) is 4.96. The lowest BCUT2D eigenvalue weighted by atomic mass is 10.0. The zero-order valence-electron chi connectivity index (χ0n) is 14.3. The molecule has 128 valence electrons. The Balaban J connectivity index is 0.00000100. The van der Waals surface area contributed by atoms with Gasteiger partial charge in [0.1, 0.15) is 12.7 Å². The second-order valence-corrected chi connectivity index (χ2v) is 5.37. The van der Waals surface area contributed by atoms with Crippen LogP contribution in [-0.2, 0) is 22.5 Å². The van der Waals surface area contributed by atoms with Gasteiger partial charge >= 0.3 is 6.09 Å². The van der Waals surface area contributed by atoms with E-state index < -0.39 is 6.09 Å². The lowest BCUT2D eigenvalue weighted by Crippen LogP contribution is -2.40. The van der Waals surface area contributed by atoms with Crippen LogP contribution < -0.4 is 5.32 Å². The number of amides is 1. The Morgan fingerprint density at radius 1 is 1.08 bits per heavy atom. The van der Waals surface area contributed by atoms with E-state index in [9.17, 15) is 4.79 Å². The van der Waals surface area contributed by atoms with E-state index in [1.807, 2.05) is 74.5 Å². The second-order valence-electron chi connectivity index (χ2n) is 5.37. The van der Waals surface area contributed by atoms with Crippen molar-refractivity contribution in [1.82, 2.24) is 5.32 Å². The number of rotatable bonds is 6. The van der Waals surface area contributed by atoms with Gasteiger partial charge in [-0.3, -0.25) is 0 Å². The molecule has 0 radical (unpaired) electrons. The maximum atomic E-state index is 12.0. The molecule has 0 aliphatic carbocycles. The molecule has 0 aromatic heterocycles. The van der Waals surface area contributed by atoms with Crippen LogP contribution >= 0.6 is 0 Å². The predicted octanol–water partition coefficient (Wildman–Crippen LogP) is 3.95. The third-order valence-corrected chi connectivity index (χ3v) is 3.62. The third-order valence-electron chi connectivity index (χ3n) is 3.62. The molecule has 0 bridgehead atoms. The molecule has 2 aromatic carbocycles. The molecule has 24 heavy (non-hydrogen) atoms. The van der Waals surface area contributed by atoms with Crippen LogP contribution in [0.1, 0.15) is 25.0 Å². The summed E-state index contributed by atoms with van der Waals surface area (Å²) in [6.07, 6.45) is 0.427. The van der Waals surface area contributed by atoms with Gasteiger partial charge in [-0.05, 0) is 17.5 Å². The maximum absolute atomic E-state index is 12.0. The van der Waals surface area contributed by atoms with Gasteiger partial charge in [0.2, 0.25) is 0 Å². The molecule has 1 aliphatic heterocycles. The van der Waals surface area contributed by atoms with Gasteiger partial charge in [-0.25, -0.2) is 4.79 Å². The summed E-state index contributed by atoms with van der Waals surface area (Å²) < 4.78 is 10.6. The number of carbonyl (C=O) groups is 1. The summed E-state index contributed by atoms with van der Waals surface area (Å²) >= 11 is 0. The van der Waals surface area contributed by atoms with Crippen molar-refractivity contribution in [3.8, 4) is 0 Å². The van der Waals surface area contributed by atoms with E-state index in [1.54, 1.807) is 0 Å². The van der Waals surface area contributed by atoms with Crippen molar-refractivity contribution < 1.29 is 14.3 Å². The molecule has 4 heteroatoms. The van der Waals surface area contributed by atoms with E-state index in [0.29, 0.717) is 6.61 Å². The Kier molecular flexibility index (Phi) is 7.30. The molecule has 2 aromatic rings. The Labute approximate surface area is 143 Å². The van der Waals surface area contributed by atoms with Crippen LogP contribution in [0.2, 0.25) is 0 Å². The van der Waals surface area contributed by atoms with Crippen molar-refractivity contribution in [2.45, 2.75) is 39.0 Å². The van der Waals surface area contributed by atoms with E-state index in [2.05, 4.69) is 5.32 Å². The van der Waals surface area contributed by atoms with Gasteiger partial charge < -0.3 is 14.8 Å². The minimum Gasteiger partial charge on any atom is -0.445 e. The van der Waals surface area contributed by atoms with Gasteiger partial charge in [0.15, 0.2) is 0 Å². The monoisotopic (exact) mass is 327 g/mol. The van der Waals surface area contributed by atoms with E-state index in [4.69, 9.17) is 9.47 Å². The molecule has 2 unspecified atom stereocenters. The SMILES string of the molecule is CC.O=C(NC(Cc1ccccc1)C1CO1)OCc1ccccc1. The number of alkyl carbamates (subject to hydrolysis) is 1. The molecule has 1 aliphatic rings. The first-order valence-electron chi connectivity index (χ1n) is 8.44. The van der Waals surface area contributed by atoms with Gasteiger partial charge in [0.25, 0.3) is 0 Å². The topological polar surface area (TPSA) is 50.9 Å². The van der Waals surface area contributed by atoms with Gasteiger partial charge in [-0.15, -0.1) is 0 Å². The average molecular weight is 327 g/mol. The Morgan fingerprint density at radius 2 is 1.62 bits per heavy atom. The highest BCUT2D eigenvalue weighted by molar-refractivity contribution is 5.67. The molecule has 1 saturated heterocycles. The number of carbonyl (C=O) groups excluding carboxylic acids is 1. The standard InChI is InChI=1S/C18H19NO3.C2H6/c20-18(22-12-15-9-5-2-6-10-15)19-16(17-13-21-17)11-14-7-3-1-4-8-14;1-2/h1-10,16-17H,11-13H2,(H,19,20);1-2H3. The van der Waals surface area contributed by atoms with Crippen LogP contribution in [0.4, 0.5) is 4.79 Å². The van der Waals surface area contributed by atoms with Crippen LogP contribution in [0.15, 0.2) is 60.7 Å². The lowest BCUT2D eigenvalue weighted by molar-refractivity contribution is 0.133. The van der Waals surface area contributed by atoms with Gasteiger partial charge in [-0.1, -0.05) is 74.5 Å². The van der Waals surface area contributed by atoms with Gasteiger partial charge in [0, 0.05) is 0 Å². The summed E-state index contributed by atoms with van der Waals surface area (Å²) in [4.78, 5) is 12.0. The van der Waals surface area contributed by atoms with Crippen molar-refractivity contribution in [2.24, 2.45) is 0 Å². The fourth-order valence-corrected chi connectivity index (χ4v) is 2.35. The summed E-state index contributed by atoms with van der Waals surface area (Å²) in [5, 5.41) is 2.91. The smallest absolute Gasteiger partial charge is 0.407 e. The van der Waals surface area contributed by atoms with Crippen LogP contribution in [0.25, 0.3) is 0 Å². The van der Waals surface area contributed by atoms with Crippen LogP contribution in [-0.4, -0.2) is 24.8 Å². The fourth-order valence-electron chi connectivity index (χ4n) is 2.35. The Morgan fingerprint density at radius 3 is 2.17 bits per heavy atom. The predicted molar refractivity (Wildman–Crippen MR) is 94.8 cm³/mol. The number of hydrogen-bond acceptors (Lipinski definition) is 3. The molecule has 0 spiro atoms. The molecular formula is C20H25NO3. The van der Waals surface area contributed by atoms with Crippen molar-refractivity contribution >= 4 is 6.09 Å². The number of epoxide rings is 1. The van der Waals surface area contributed by atoms with Gasteiger partial charge in [-0.2, -0.15) is 0 Å². The molecule has 1 amide bonds. The first kappa shape index (κ1) is 18.0. The van der Waals surface area contributed by atoms with Gasteiger partial charge in [0.05, 0.1) is 12.6 Å². The zero-order chi connectivity index (χ0) is 17.2. The Bertz CT molecular complexity index is 597. The third kappa shape index (κ3) is 6.05. The van der Waals surface area contributed by atoms with Crippen LogP contribution in [0, 0.1) is 0 Å². The van der Waals surface area contributed by atoms with Crippen molar-refractivity contribution in [2.75, 3.05) is 6.61 Å².